The Morgan fingerprint density at radius 3 is 2.86 bits per heavy atom. The van der Waals surface area contributed by atoms with Gasteiger partial charge in [-0.2, -0.15) is 0 Å². The molecule has 0 saturated heterocycles. The van der Waals surface area contributed by atoms with Crippen molar-refractivity contribution in [3.8, 4) is 5.75 Å². The predicted molar refractivity (Wildman–Crippen MR) is 84.9 cm³/mol. The lowest BCUT2D eigenvalue weighted by atomic mass is 10.3. The van der Waals surface area contributed by atoms with Crippen LogP contribution in [0.4, 0.5) is 5.69 Å². The monoisotopic (exact) mass is 370 g/mol. The van der Waals surface area contributed by atoms with Gasteiger partial charge in [0.25, 0.3) is 5.91 Å². The maximum Gasteiger partial charge on any atom is 0.265 e. The number of aromatic amines is 1. The highest BCUT2D eigenvalue weighted by atomic mass is 79.9. The molecule has 1 heterocycles. The smallest absolute Gasteiger partial charge is 0.265 e. The average Bonchev–Trinajstić information content (AvgIpc) is 2.44. The molecule has 0 fully saturated rings. The minimum atomic E-state index is -0.776. The van der Waals surface area contributed by atoms with Crippen LogP contribution in [0.5, 0.6) is 5.75 Å². The maximum atomic E-state index is 12.0. The van der Waals surface area contributed by atoms with Crippen molar-refractivity contribution in [2.45, 2.75) is 13.0 Å². The molecule has 0 aliphatic heterocycles. The second-order valence-corrected chi connectivity index (χ2v) is 5.54. The first kappa shape index (κ1) is 15.6. The third-order valence-electron chi connectivity index (χ3n) is 2.65. The zero-order valence-corrected chi connectivity index (χ0v) is 13.4. The number of carbonyl (C=O) groups is 1. The minimum absolute atomic E-state index is 0.174. The minimum Gasteiger partial charge on any atom is -0.480 e. The number of nitrogens with one attached hydrogen (secondary N) is 2. The standard InChI is InChI=1S/C14H12BrClN2O3/c1-8(21-13-3-2-9(16)6-10(13)15)14(20)18-11-7-17-5-4-12(11)19/h2-8H,1H3,(H,17,19)(H,18,20). The second kappa shape index (κ2) is 6.78. The van der Waals surface area contributed by atoms with Crippen molar-refractivity contribution in [2.75, 3.05) is 5.32 Å². The fraction of sp³-hybridized carbons (Fsp3) is 0.143. The lowest BCUT2D eigenvalue weighted by Gasteiger charge is -2.15. The van der Waals surface area contributed by atoms with Crippen molar-refractivity contribution in [1.82, 2.24) is 4.98 Å². The molecule has 0 aliphatic carbocycles. The Kier molecular flexibility index (Phi) is 5.03. The Morgan fingerprint density at radius 2 is 2.19 bits per heavy atom. The summed E-state index contributed by atoms with van der Waals surface area (Å²) in [6, 6.07) is 6.32. The molecule has 1 aromatic carbocycles. The van der Waals surface area contributed by atoms with E-state index in [9.17, 15) is 9.59 Å². The molecule has 110 valence electrons. The van der Waals surface area contributed by atoms with Gasteiger partial charge in [-0.15, -0.1) is 0 Å². The van der Waals surface area contributed by atoms with Crippen LogP contribution < -0.4 is 15.5 Å². The summed E-state index contributed by atoms with van der Waals surface area (Å²) in [5.74, 6) is 0.0672. The van der Waals surface area contributed by atoms with Crippen LogP contribution in [-0.4, -0.2) is 17.0 Å². The van der Waals surface area contributed by atoms with Crippen LogP contribution in [0.15, 0.2) is 45.9 Å². The average molecular weight is 372 g/mol. The molecule has 0 aliphatic rings. The normalized spacial score (nSPS) is 11.8. The van der Waals surface area contributed by atoms with Crippen LogP contribution in [0.2, 0.25) is 5.02 Å². The molecule has 7 heteroatoms. The highest BCUT2D eigenvalue weighted by Crippen LogP contribution is 2.28. The summed E-state index contributed by atoms with van der Waals surface area (Å²) in [4.78, 5) is 26.3. The van der Waals surface area contributed by atoms with Crippen molar-refractivity contribution in [2.24, 2.45) is 0 Å². The molecule has 1 aromatic heterocycles. The largest absolute Gasteiger partial charge is 0.480 e. The summed E-state index contributed by atoms with van der Waals surface area (Å²) in [5.41, 5.74) is -0.102. The third-order valence-corrected chi connectivity index (χ3v) is 3.50. The summed E-state index contributed by atoms with van der Waals surface area (Å²) >= 11 is 9.14. The van der Waals surface area contributed by atoms with E-state index in [0.29, 0.717) is 15.2 Å². The molecular weight excluding hydrogens is 360 g/mol. The Labute approximate surface area is 134 Å². The number of pyridine rings is 1. The fourth-order valence-electron chi connectivity index (χ4n) is 1.56. The molecule has 2 aromatic rings. The molecule has 2 rings (SSSR count). The van der Waals surface area contributed by atoms with Gasteiger partial charge in [-0.05, 0) is 41.1 Å². The lowest BCUT2D eigenvalue weighted by Crippen LogP contribution is -2.31. The SMILES string of the molecule is CC(Oc1ccc(Cl)cc1Br)C(=O)Nc1c[nH]ccc1=O. The zero-order valence-electron chi connectivity index (χ0n) is 11.0. The number of ether oxygens (including phenoxy) is 1. The van der Waals surface area contributed by atoms with Gasteiger partial charge in [0.15, 0.2) is 6.10 Å². The highest BCUT2D eigenvalue weighted by Gasteiger charge is 2.17. The van der Waals surface area contributed by atoms with E-state index in [1.54, 1.807) is 25.1 Å². The van der Waals surface area contributed by atoms with Gasteiger partial charge in [-0.3, -0.25) is 9.59 Å². The molecule has 0 bridgehead atoms. The molecule has 21 heavy (non-hydrogen) atoms. The van der Waals surface area contributed by atoms with Crippen molar-refractivity contribution < 1.29 is 9.53 Å². The van der Waals surface area contributed by atoms with E-state index >= 15 is 0 Å². The Bertz CT molecular complexity index is 717. The van der Waals surface area contributed by atoms with E-state index in [0.717, 1.165) is 0 Å². The number of carbonyl (C=O) groups excluding carboxylic acids is 1. The number of H-pyrrole nitrogens is 1. The Hall–Kier alpha value is -1.79. The van der Waals surface area contributed by atoms with Gasteiger partial charge in [0, 0.05) is 23.5 Å². The third kappa shape index (κ3) is 4.09. The van der Waals surface area contributed by atoms with Crippen molar-refractivity contribution >= 4 is 39.1 Å². The van der Waals surface area contributed by atoms with Crippen LogP contribution >= 0.6 is 27.5 Å². The van der Waals surface area contributed by atoms with Crippen LogP contribution in [0.25, 0.3) is 0 Å². The molecule has 2 N–H and O–H groups in total. The topological polar surface area (TPSA) is 71.2 Å². The molecule has 1 atom stereocenters. The summed E-state index contributed by atoms with van der Waals surface area (Å²) < 4.78 is 6.19. The number of rotatable bonds is 4. The summed E-state index contributed by atoms with van der Waals surface area (Å²) in [7, 11) is 0. The first-order chi connectivity index (χ1) is 9.97. The molecule has 1 amide bonds. The number of aromatic nitrogens is 1. The van der Waals surface area contributed by atoms with Crippen molar-refractivity contribution in [1.29, 1.82) is 0 Å². The van der Waals surface area contributed by atoms with Gasteiger partial charge in [0.1, 0.15) is 11.4 Å². The van der Waals surface area contributed by atoms with Gasteiger partial charge in [-0.25, -0.2) is 0 Å². The molecule has 0 spiro atoms. The number of amides is 1. The molecule has 1 unspecified atom stereocenters. The van der Waals surface area contributed by atoms with Crippen LogP contribution in [0, 0.1) is 0 Å². The first-order valence-corrected chi connectivity index (χ1v) is 7.24. The molecule has 0 saturated carbocycles. The lowest BCUT2D eigenvalue weighted by molar-refractivity contribution is -0.122. The second-order valence-electron chi connectivity index (χ2n) is 4.25. The highest BCUT2D eigenvalue weighted by molar-refractivity contribution is 9.10. The summed E-state index contributed by atoms with van der Waals surface area (Å²) in [6.45, 7) is 1.59. The summed E-state index contributed by atoms with van der Waals surface area (Å²) in [6.07, 6.45) is 2.13. The first-order valence-electron chi connectivity index (χ1n) is 6.07. The number of benzene rings is 1. The maximum absolute atomic E-state index is 12.0. The Morgan fingerprint density at radius 1 is 1.43 bits per heavy atom. The van der Waals surface area contributed by atoms with E-state index < -0.39 is 12.0 Å². The number of hydrogen-bond donors (Lipinski definition) is 2. The Balaban J connectivity index is 2.06. The molecule has 5 nitrogen and oxygen atoms in total. The van der Waals surface area contributed by atoms with E-state index in [4.69, 9.17) is 16.3 Å². The van der Waals surface area contributed by atoms with E-state index in [-0.39, 0.29) is 11.1 Å². The summed E-state index contributed by atoms with van der Waals surface area (Å²) in [5, 5.41) is 3.07. The molecular formula is C14H12BrClN2O3. The zero-order chi connectivity index (χ0) is 15.4. The van der Waals surface area contributed by atoms with Gasteiger partial charge >= 0.3 is 0 Å². The van der Waals surface area contributed by atoms with Gasteiger partial charge in [0.05, 0.1) is 4.47 Å². The quantitative estimate of drug-likeness (QED) is 0.867. The van der Waals surface area contributed by atoms with Gasteiger partial charge in [-0.1, -0.05) is 11.6 Å². The van der Waals surface area contributed by atoms with Gasteiger partial charge < -0.3 is 15.0 Å². The van der Waals surface area contributed by atoms with E-state index in [1.165, 1.54) is 18.5 Å². The van der Waals surface area contributed by atoms with Crippen molar-refractivity contribution in [3.63, 3.8) is 0 Å². The van der Waals surface area contributed by atoms with Crippen molar-refractivity contribution in [3.05, 3.63) is 56.4 Å². The van der Waals surface area contributed by atoms with E-state index in [2.05, 4.69) is 26.2 Å². The van der Waals surface area contributed by atoms with Gasteiger partial charge in [0.2, 0.25) is 5.43 Å². The van der Waals surface area contributed by atoms with E-state index in [1.807, 2.05) is 0 Å². The molecule has 0 radical (unpaired) electrons. The number of anilines is 1. The number of halogens is 2. The predicted octanol–water partition coefficient (Wildman–Crippen LogP) is 3.20. The van der Waals surface area contributed by atoms with Crippen LogP contribution in [0.1, 0.15) is 6.92 Å². The number of hydrogen-bond acceptors (Lipinski definition) is 3. The van der Waals surface area contributed by atoms with Crippen LogP contribution in [-0.2, 0) is 4.79 Å². The van der Waals surface area contributed by atoms with Crippen LogP contribution in [0.3, 0.4) is 0 Å². The fourth-order valence-corrected chi connectivity index (χ4v) is 2.34.